The van der Waals surface area contributed by atoms with Crippen molar-refractivity contribution in [1.82, 2.24) is 19.6 Å². The lowest BCUT2D eigenvalue weighted by Crippen LogP contribution is -2.48. The molecular weight excluding hydrogens is 379 g/mol. The Bertz CT molecular complexity index is 965. The van der Waals surface area contributed by atoms with Gasteiger partial charge in [-0.05, 0) is 35.9 Å². The first kappa shape index (κ1) is 18.7. The summed E-state index contributed by atoms with van der Waals surface area (Å²) < 4.78 is 15.3. The predicted molar refractivity (Wildman–Crippen MR) is 106 cm³/mol. The van der Waals surface area contributed by atoms with Crippen LogP contribution in [0.5, 0.6) is 0 Å². The van der Waals surface area contributed by atoms with Crippen molar-refractivity contribution in [2.24, 2.45) is 0 Å². The molecule has 0 unspecified atom stereocenters. The van der Waals surface area contributed by atoms with Crippen LogP contribution in [0, 0.1) is 5.82 Å². The zero-order valence-corrected chi connectivity index (χ0v) is 16.0. The van der Waals surface area contributed by atoms with E-state index in [1.165, 1.54) is 16.3 Å². The van der Waals surface area contributed by atoms with Gasteiger partial charge in [-0.3, -0.25) is 9.69 Å². The van der Waals surface area contributed by atoms with Crippen LogP contribution in [-0.4, -0.2) is 51.7 Å². The minimum atomic E-state index is -0.375. The smallest absolute Gasteiger partial charge is 0.274 e. The molecule has 1 aliphatic rings. The van der Waals surface area contributed by atoms with Crippen LogP contribution in [-0.2, 0) is 6.54 Å². The van der Waals surface area contributed by atoms with Gasteiger partial charge in [0.05, 0.1) is 0 Å². The van der Waals surface area contributed by atoms with Crippen molar-refractivity contribution >= 4 is 17.5 Å². The van der Waals surface area contributed by atoms with E-state index < -0.39 is 0 Å². The molecule has 1 amide bonds. The third-order valence-corrected chi connectivity index (χ3v) is 5.14. The highest BCUT2D eigenvalue weighted by molar-refractivity contribution is 6.30. The number of amides is 1. The fourth-order valence-electron chi connectivity index (χ4n) is 3.33. The number of aromatic nitrogens is 2. The molecule has 0 bridgehead atoms. The molecule has 1 aromatic heterocycles. The standard InChI is InChI=1S/C21H20ClFN4O/c22-17-7-5-16(6-8-17)15-25-11-13-26(14-12-25)21(28)19-9-10-27(24-19)20-4-2-1-3-18(20)23/h1-10H,11-15H2. The molecule has 1 aliphatic heterocycles. The van der Waals surface area contributed by atoms with Crippen molar-refractivity contribution < 1.29 is 9.18 Å². The zero-order chi connectivity index (χ0) is 19.5. The van der Waals surface area contributed by atoms with Gasteiger partial charge in [0.2, 0.25) is 0 Å². The highest BCUT2D eigenvalue weighted by Crippen LogP contribution is 2.15. The summed E-state index contributed by atoms with van der Waals surface area (Å²) in [4.78, 5) is 16.9. The fraction of sp³-hybridized carbons (Fsp3) is 0.238. The normalized spacial score (nSPS) is 15.0. The van der Waals surface area contributed by atoms with Crippen molar-refractivity contribution in [2.45, 2.75) is 6.54 Å². The lowest BCUT2D eigenvalue weighted by atomic mass is 10.2. The number of carbonyl (C=O) groups is 1. The molecule has 7 heteroatoms. The molecule has 1 saturated heterocycles. The van der Waals surface area contributed by atoms with Crippen LogP contribution in [0.3, 0.4) is 0 Å². The van der Waals surface area contributed by atoms with Gasteiger partial charge in [0.1, 0.15) is 11.5 Å². The Morgan fingerprint density at radius 1 is 1.00 bits per heavy atom. The molecule has 2 aromatic carbocycles. The van der Waals surface area contributed by atoms with E-state index in [1.54, 1.807) is 35.4 Å². The Labute approximate surface area is 167 Å². The summed E-state index contributed by atoms with van der Waals surface area (Å²) in [5, 5.41) is 5.00. The number of hydrogen-bond donors (Lipinski definition) is 0. The number of nitrogens with zero attached hydrogens (tertiary/aromatic N) is 4. The van der Waals surface area contributed by atoms with Gasteiger partial charge in [-0.1, -0.05) is 35.9 Å². The minimum Gasteiger partial charge on any atom is -0.335 e. The SMILES string of the molecule is O=C(c1ccn(-c2ccccc2F)n1)N1CCN(Cc2ccc(Cl)cc2)CC1. The van der Waals surface area contributed by atoms with E-state index in [4.69, 9.17) is 11.6 Å². The van der Waals surface area contributed by atoms with E-state index in [0.29, 0.717) is 24.5 Å². The fourth-order valence-corrected chi connectivity index (χ4v) is 3.45. The van der Waals surface area contributed by atoms with E-state index in [1.807, 2.05) is 24.3 Å². The predicted octanol–water partition coefficient (Wildman–Crippen LogP) is 3.62. The van der Waals surface area contributed by atoms with Crippen molar-refractivity contribution in [3.05, 3.63) is 82.9 Å². The lowest BCUT2D eigenvalue weighted by molar-refractivity contribution is 0.0622. The summed E-state index contributed by atoms with van der Waals surface area (Å²) in [7, 11) is 0. The maximum Gasteiger partial charge on any atom is 0.274 e. The molecule has 0 saturated carbocycles. The second-order valence-electron chi connectivity index (χ2n) is 6.79. The molecule has 4 rings (SSSR count). The topological polar surface area (TPSA) is 41.4 Å². The van der Waals surface area contributed by atoms with Gasteiger partial charge in [-0.2, -0.15) is 5.10 Å². The van der Waals surface area contributed by atoms with Gasteiger partial charge >= 0.3 is 0 Å². The Morgan fingerprint density at radius 2 is 1.71 bits per heavy atom. The quantitative estimate of drug-likeness (QED) is 0.674. The number of piperazine rings is 1. The first-order valence-electron chi connectivity index (χ1n) is 9.17. The number of hydrogen-bond acceptors (Lipinski definition) is 3. The zero-order valence-electron chi connectivity index (χ0n) is 15.3. The van der Waals surface area contributed by atoms with Crippen LogP contribution in [0.15, 0.2) is 60.8 Å². The summed E-state index contributed by atoms with van der Waals surface area (Å²) in [6.45, 7) is 3.70. The summed E-state index contributed by atoms with van der Waals surface area (Å²) in [5.41, 5.74) is 1.86. The molecule has 0 N–H and O–H groups in total. The Hall–Kier alpha value is -2.70. The summed E-state index contributed by atoms with van der Waals surface area (Å²) in [6.07, 6.45) is 1.61. The van der Waals surface area contributed by atoms with Crippen LogP contribution in [0.1, 0.15) is 16.1 Å². The molecule has 0 aliphatic carbocycles. The molecule has 3 aromatic rings. The van der Waals surface area contributed by atoms with Gasteiger partial charge in [0.15, 0.2) is 5.69 Å². The monoisotopic (exact) mass is 398 g/mol. The van der Waals surface area contributed by atoms with Crippen LogP contribution < -0.4 is 0 Å². The molecule has 0 spiro atoms. The highest BCUT2D eigenvalue weighted by atomic mass is 35.5. The summed E-state index contributed by atoms with van der Waals surface area (Å²) >= 11 is 5.93. The number of rotatable bonds is 4. The number of carbonyl (C=O) groups excluding carboxylic acids is 1. The Balaban J connectivity index is 1.36. The third kappa shape index (κ3) is 4.08. The van der Waals surface area contributed by atoms with Crippen molar-refractivity contribution in [3.8, 4) is 5.69 Å². The average molecular weight is 399 g/mol. The van der Waals surface area contributed by atoms with E-state index in [2.05, 4.69) is 10.00 Å². The third-order valence-electron chi connectivity index (χ3n) is 4.89. The van der Waals surface area contributed by atoms with E-state index >= 15 is 0 Å². The largest absolute Gasteiger partial charge is 0.335 e. The second kappa shape index (κ2) is 8.12. The van der Waals surface area contributed by atoms with Crippen LogP contribution >= 0.6 is 11.6 Å². The van der Waals surface area contributed by atoms with Crippen LogP contribution in [0.4, 0.5) is 4.39 Å². The highest BCUT2D eigenvalue weighted by Gasteiger charge is 2.24. The lowest BCUT2D eigenvalue weighted by Gasteiger charge is -2.34. The minimum absolute atomic E-state index is 0.124. The molecule has 144 valence electrons. The van der Waals surface area contributed by atoms with Gasteiger partial charge in [-0.15, -0.1) is 0 Å². The van der Waals surface area contributed by atoms with Gasteiger partial charge in [0.25, 0.3) is 5.91 Å². The molecule has 28 heavy (non-hydrogen) atoms. The molecule has 1 fully saturated rings. The number of halogens is 2. The number of para-hydroxylation sites is 1. The summed E-state index contributed by atoms with van der Waals surface area (Å²) in [6, 6.07) is 15.8. The molecule has 5 nitrogen and oxygen atoms in total. The van der Waals surface area contributed by atoms with Crippen LogP contribution in [0.2, 0.25) is 5.02 Å². The second-order valence-corrected chi connectivity index (χ2v) is 7.23. The van der Waals surface area contributed by atoms with Crippen molar-refractivity contribution in [1.29, 1.82) is 0 Å². The van der Waals surface area contributed by atoms with Crippen LogP contribution in [0.25, 0.3) is 5.69 Å². The van der Waals surface area contributed by atoms with E-state index in [0.717, 1.165) is 24.7 Å². The molecule has 0 atom stereocenters. The first-order chi connectivity index (χ1) is 13.6. The molecule has 2 heterocycles. The van der Waals surface area contributed by atoms with Crippen molar-refractivity contribution in [2.75, 3.05) is 26.2 Å². The molecular formula is C21H20ClFN4O. The molecule has 0 radical (unpaired) electrons. The Kier molecular flexibility index (Phi) is 5.41. The van der Waals surface area contributed by atoms with Gasteiger partial charge in [-0.25, -0.2) is 9.07 Å². The van der Waals surface area contributed by atoms with Gasteiger partial charge < -0.3 is 4.90 Å². The average Bonchev–Trinajstić information content (AvgIpc) is 3.20. The first-order valence-corrected chi connectivity index (χ1v) is 9.54. The van der Waals surface area contributed by atoms with Gasteiger partial charge in [0, 0.05) is 43.9 Å². The number of benzene rings is 2. The Morgan fingerprint density at radius 3 is 2.43 bits per heavy atom. The van der Waals surface area contributed by atoms with E-state index in [9.17, 15) is 9.18 Å². The summed E-state index contributed by atoms with van der Waals surface area (Å²) in [5.74, 6) is -0.498. The maximum atomic E-state index is 13.9. The van der Waals surface area contributed by atoms with Crippen molar-refractivity contribution in [3.63, 3.8) is 0 Å². The van der Waals surface area contributed by atoms with E-state index in [-0.39, 0.29) is 11.7 Å². The maximum absolute atomic E-state index is 13.9.